The first kappa shape index (κ1) is 30.2. The Kier molecular flexibility index (Phi) is 7.60. The minimum absolute atomic E-state index is 0.0985. The third-order valence-corrected chi connectivity index (χ3v) is 6.96. The molecule has 1 aliphatic rings. The maximum absolute atomic E-state index is 14.8. The van der Waals surface area contributed by atoms with Gasteiger partial charge in [0.1, 0.15) is 16.9 Å². The molecule has 1 N–H and O–H groups in total. The van der Waals surface area contributed by atoms with Crippen LogP contribution in [0.1, 0.15) is 60.1 Å². The van der Waals surface area contributed by atoms with E-state index >= 15 is 0 Å². The highest BCUT2D eigenvalue weighted by Crippen LogP contribution is 2.43. The Labute approximate surface area is 247 Å². The van der Waals surface area contributed by atoms with Crippen molar-refractivity contribution in [3.63, 3.8) is 0 Å². The average molecular weight is 600 g/mol. The number of nitrogens with one attached hydrogen (secondary N) is 1. The van der Waals surface area contributed by atoms with Crippen LogP contribution < -0.4 is 5.32 Å². The number of carbonyl (C=O) groups excluding carboxylic acids is 2. The van der Waals surface area contributed by atoms with E-state index in [1.54, 1.807) is 70.7 Å². The van der Waals surface area contributed by atoms with Crippen molar-refractivity contribution in [1.82, 2.24) is 18.9 Å². The number of alkyl halides is 3. The quantitative estimate of drug-likeness (QED) is 0.261. The van der Waals surface area contributed by atoms with E-state index in [9.17, 15) is 22.8 Å². The summed E-state index contributed by atoms with van der Waals surface area (Å²) in [6.07, 6.45) is -0.520. The molecule has 1 saturated heterocycles. The molecule has 1 aromatic carbocycles. The first-order valence-corrected chi connectivity index (χ1v) is 14.2. The number of aromatic nitrogens is 3. The fourth-order valence-corrected chi connectivity index (χ4v) is 5.35. The summed E-state index contributed by atoms with van der Waals surface area (Å²) in [5.74, 6) is 0. The Hall–Kier alpha value is -4.22. The predicted octanol–water partition coefficient (Wildman–Crippen LogP) is 7.57. The number of pyridine rings is 1. The summed E-state index contributed by atoms with van der Waals surface area (Å²) in [7, 11) is 0. The van der Waals surface area contributed by atoms with Gasteiger partial charge in [-0.2, -0.15) is 13.2 Å². The summed E-state index contributed by atoms with van der Waals surface area (Å²) < 4.78 is 57.7. The molecule has 0 bridgehead atoms. The van der Waals surface area contributed by atoms with Crippen LogP contribution in [0.15, 0.2) is 48.9 Å². The van der Waals surface area contributed by atoms with E-state index < -0.39 is 35.3 Å². The number of piperidine rings is 1. The number of benzene rings is 1. The molecule has 4 aromatic rings. The first-order chi connectivity index (χ1) is 20.0. The predicted molar refractivity (Wildman–Crippen MR) is 157 cm³/mol. The van der Waals surface area contributed by atoms with Crippen LogP contribution in [0.3, 0.4) is 0 Å². The van der Waals surface area contributed by atoms with Gasteiger partial charge in [0.2, 0.25) is 0 Å². The van der Waals surface area contributed by atoms with Crippen molar-refractivity contribution in [3.05, 3.63) is 54.6 Å². The van der Waals surface area contributed by atoms with Gasteiger partial charge in [0.05, 0.1) is 11.2 Å². The molecule has 0 radical (unpaired) electrons. The maximum Gasteiger partial charge on any atom is 0.432 e. The number of carbonyl (C=O) groups is 2. The molecule has 1 fully saturated rings. The van der Waals surface area contributed by atoms with E-state index in [1.165, 1.54) is 29.2 Å². The molecule has 43 heavy (non-hydrogen) atoms. The molecule has 9 nitrogen and oxygen atoms in total. The molecule has 4 heterocycles. The van der Waals surface area contributed by atoms with Crippen molar-refractivity contribution < 1.29 is 32.2 Å². The highest BCUT2D eigenvalue weighted by molar-refractivity contribution is 6.02. The molecule has 0 saturated carbocycles. The van der Waals surface area contributed by atoms with Gasteiger partial charge >= 0.3 is 18.4 Å². The normalized spacial score (nSPS) is 16.5. The number of fused-ring (bicyclic) bond motifs is 2. The van der Waals surface area contributed by atoms with Crippen LogP contribution in [0, 0.1) is 0 Å². The monoisotopic (exact) mass is 599 g/mol. The lowest BCUT2D eigenvalue weighted by molar-refractivity contribution is -0.141. The van der Waals surface area contributed by atoms with Crippen molar-refractivity contribution in [1.29, 1.82) is 0 Å². The molecule has 1 amide bonds. The molecule has 0 spiro atoms. The van der Waals surface area contributed by atoms with Crippen LogP contribution in [-0.2, 0) is 15.7 Å². The number of hydrogen-bond donors (Lipinski definition) is 1. The van der Waals surface area contributed by atoms with E-state index in [2.05, 4.69) is 10.3 Å². The van der Waals surface area contributed by atoms with E-state index in [0.717, 1.165) is 4.40 Å². The third kappa shape index (κ3) is 6.42. The number of likely N-dealkylation sites (tertiary alicyclic amines) is 1. The van der Waals surface area contributed by atoms with Crippen molar-refractivity contribution >= 4 is 34.4 Å². The fraction of sp³-hybridized carbons (Fsp3) is 0.452. The fourth-order valence-electron chi connectivity index (χ4n) is 5.35. The van der Waals surface area contributed by atoms with Crippen LogP contribution >= 0.6 is 0 Å². The zero-order chi connectivity index (χ0) is 31.3. The Balaban J connectivity index is 1.61. The van der Waals surface area contributed by atoms with Gasteiger partial charge < -0.3 is 19.7 Å². The van der Waals surface area contributed by atoms with Gasteiger partial charge in [0, 0.05) is 54.2 Å². The number of para-hydroxylation sites is 1. The van der Waals surface area contributed by atoms with Gasteiger partial charge in [-0.1, -0.05) is 18.2 Å². The molecule has 1 atom stereocenters. The minimum Gasteiger partial charge on any atom is -0.444 e. The van der Waals surface area contributed by atoms with Crippen LogP contribution in [0.5, 0.6) is 0 Å². The number of anilines is 1. The summed E-state index contributed by atoms with van der Waals surface area (Å²) >= 11 is 0. The zero-order valence-electron chi connectivity index (χ0n) is 25.1. The molecule has 0 unspecified atom stereocenters. The van der Waals surface area contributed by atoms with Crippen LogP contribution in [0.4, 0.5) is 28.4 Å². The van der Waals surface area contributed by atoms with E-state index in [0.29, 0.717) is 42.5 Å². The second-order valence-corrected chi connectivity index (χ2v) is 12.8. The number of ether oxygens (including phenoxy) is 2. The van der Waals surface area contributed by atoms with Crippen molar-refractivity contribution in [3.8, 4) is 11.1 Å². The first-order valence-electron chi connectivity index (χ1n) is 14.2. The number of imidazole rings is 1. The van der Waals surface area contributed by atoms with Gasteiger partial charge in [0.25, 0.3) is 0 Å². The summed E-state index contributed by atoms with van der Waals surface area (Å²) in [4.78, 5) is 31.7. The Morgan fingerprint density at radius 2 is 1.65 bits per heavy atom. The average Bonchev–Trinajstić information content (AvgIpc) is 3.51. The van der Waals surface area contributed by atoms with Crippen LogP contribution in [0.25, 0.3) is 27.7 Å². The largest absolute Gasteiger partial charge is 0.444 e. The van der Waals surface area contributed by atoms with Gasteiger partial charge in [-0.25, -0.2) is 14.6 Å². The Bertz CT molecular complexity index is 1680. The number of hydrogen-bond acceptors (Lipinski definition) is 6. The van der Waals surface area contributed by atoms with E-state index in [1.807, 2.05) is 0 Å². The highest BCUT2D eigenvalue weighted by atomic mass is 19.4. The van der Waals surface area contributed by atoms with Crippen LogP contribution in [-0.4, -0.2) is 61.4 Å². The Morgan fingerprint density at radius 3 is 2.33 bits per heavy atom. The summed E-state index contributed by atoms with van der Waals surface area (Å²) in [6.45, 7) is 11.4. The molecule has 0 aliphatic carbocycles. The summed E-state index contributed by atoms with van der Waals surface area (Å²) in [6, 6.07) is 7.94. The second-order valence-electron chi connectivity index (χ2n) is 12.8. The molecule has 5 rings (SSSR count). The highest BCUT2D eigenvalue weighted by Gasteiger charge is 2.39. The van der Waals surface area contributed by atoms with Gasteiger partial charge in [-0.3, -0.25) is 8.97 Å². The smallest absolute Gasteiger partial charge is 0.432 e. The number of nitrogens with zero attached hydrogens (tertiary/aromatic N) is 4. The number of rotatable bonds is 3. The lowest BCUT2D eigenvalue weighted by atomic mass is 10.0. The van der Waals surface area contributed by atoms with Crippen molar-refractivity contribution in [2.24, 2.45) is 0 Å². The molecule has 1 aliphatic heterocycles. The lowest BCUT2D eigenvalue weighted by Crippen LogP contribution is -2.47. The minimum atomic E-state index is -4.75. The SMILES string of the molecule is CC(C)(C)OC(=O)N1CCC[C@H](Nc2cc(-c3cn(C(=O)OC(C)(C)C)c4ccccc34)c(C(F)(F)F)n3ccnc23)C1. The molecule has 230 valence electrons. The van der Waals surface area contributed by atoms with Crippen molar-refractivity contribution in [2.75, 3.05) is 18.4 Å². The summed E-state index contributed by atoms with van der Waals surface area (Å²) in [5, 5.41) is 3.81. The molecular formula is C31H36F3N5O4. The maximum atomic E-state index is 14.8. The van der Waals surface area contributed by atoms with Gasteiger partial charge in [-0.15, -0.1) is 0 Å². The lowest BCUT2D eigenvalue weighted by Gasteiger charge is -2.35. The molecule has 12 heteroatoms. The van der Waals surface area contributed by atoms with Gasteiger partial charge in [-0.05, 0) is 66.5 Å². The molecule has 3 aromatic heterocycles. The number of halogens is 3. The summed E-state index contributed by atoms with van der Waals surface area (Å²) in [5.41, 5.74) is -1.40. The topological polar surface area (TPSA) is 90.1 Å². The zero-order valence-corrected chi connectivity index (χ0v) is 25.1. The van der Waals surface area contributed by atoms with Crippen molar-refractivity contribution in [2.45, 2.75) is 77.8 Å². The van der Waals surface area contributed by atoms with Crippen LogP contribution in [0.2, 0.25) is 0 Å². The Morgan fingerprint density at radius 1 is 0.977 bits per heavy atom. The van der Waals surface area contributed by atoms with Gasteiger partial charge in [0.15, 0.2) is 5.65 Å². The number of amides is 1. The third-order valence-electron chi connectivity index (χ3n) is 6.96. The molecular weight excluding hydrogens is 563 g/mol. The second kappa shape index (κ2) is 10.8. The standard InChI is InChI=1S/C31H36F3N5O4/c1-29(2,3)42-27(40)37-14-9-10-19(17-37)36-23-16-21(25(31(32,33)34)38-15-13-35-26(23)38)22-18-39(28(41)43-30(4,5)6)24-12-8-7-11-20(22)24/h7-8,11-13,15-16,18-19,36H,9-10,14,17H2,1-6H3/t19-/m0/s1. The van der Waals surface area contributed by atoms with E-state index in [-0.39, 0.29) is 22.8 Å². The van der Waals surface area contributed by atoms with E-state index in [4.69, 9.17) is 9.47 Å².